The highest BCUT2D eigenvalue weighted by Crippen LogP contribution is 2.35. The van der Waals surface area contributed by atoms with E-state index in [-0.39, 0.29) is 58.1 Å². The summed E-state index contributed by atoms with van der Waals surface area (Å²) < 4.78 is 3.39. The van der Waals surface area contributed by atoms with Crippen LogP contribution in [0.25, 0.3) is 11.2 Å². The molecule has 0 radical (unpaired) electrons. The Bertz CT molecular complexity index is 1340. The number of ketones is 2. The molecule has 11 heteroatoms. The first kappa shape index (κ1) is 17.4. The van der Waals surface area contributed by atoms with E-state index < -0.39 is 5.56 Å². The van der Waals surface area contributed by atoms with Crippen LogP contribution < -0.4 is 22.8 Å². The molecule has 0 amide bonds. The van der Waals surface area contributed by atoms with Crippen molar-refractivity contribution in [3.8, 4) is 0 Å². The molecule has 7 N–H and O–H groups in total. The first-order valence-electron chi connectivity index (χ1n) is 9.04. The Morgan fingerprint density at radius 1 is 1.24 bits per heavy atom. The van der Waals surface area contributed by atoms with Crippen LogP contribution in [0.4, 0.5) is 5.95 Å². The van der Waals surface area contributed by atoms with Crippen molar-refractivity contribution >= 4 is 28.7 Å². The highest BCUT2D eigenvalue weighted by Gasteiger charge is 2.39. The van der Waals surface area contributed by atoms with E-state index in [1.54, 1.807) is 11.5 Å². The van der Waals surface area contributed by atoms with E-state index in [0.29, 0.717) is 24.2 Å². The van der Waals surface area contributed by atoms with Crippen molar-refractivity contribution in [3.05, 3.63) is 50.5 Å². The monoisotopic (exact) mass is 394 g/mol. The van der Waals surface area contributed by atoms with Gasteiger partial charge in [-0.25, -0.2) is 4.98 Å². The van der Waals surface area contributed by atoms with Gasteiger partial charge in [-0.2, -0.15) is 4.98 Å². The second-order valence-electron chi connectivity index (χ2n) is 7.42. The summed E-state index contributed by atoms with van der Waals surface area (Å²) in [4.78, 5) is 48.9. The van der Waals surface area contributed by atoms with E-state index >= 15 is 0 Å². The van der Waals surface area contributed by atoms with Crippen molar-refractivity contribution in [3.63, 3.8) is 0 Å². The van der Waals surface area contributed by atoms with Gasteiger partial charge < -0.3 is 26.3 Å². The number of nitrogen functional groups attached to an aromatic ring is 1. The second-order valence-corrected chi connectivity index (χ2v) is 7.42. The molecule has 1 aliphatic heterocycles. The summed E-state index contributed by atoms with van der Waals surface area (Å²) in [6.45, 7) is 2.13. The molecule has 1 aliphatic carbocycles. The summed E-state index contributed by atoms with van der Waals surface area (Å²) in [5.41, 5.74) is 19.8. The normalized spacial score (nSPS) is 18.6. The fourth-order valence-electron chi connectivity index (χ4n) is 4.25. The molecule has 148 valence electrons. The number of anilines is 1. The van der Waals surface area contributed by atoms with Gasteiger partial charge in [0.05, 0.1) is 24.1 Å². The zero-order valence-corrected chi connectivity index (χ0v) is 15.5. The number of hydrogen-bond donors (Lipinski definition) is 4. The number of aromatic amines is 1. The Labute approximate surface area is 163 Å². The molecule has 0 saturated heterocycles. The first-order chi connectivity index (χ1) is 13.8. The molecule has 3 aromatic rings. The Balaban J connectivity index is 1.74. The number of imidazole rings is 1. The van der Waals surface area contributed by atoms with Crippen LogP contribution in [0.3, 0.4) is 0 Å². The summed E-state index contributed by atoms with van der Waals surface area (Å²) in [6.07, 6.45) is 1.97. The fraction of sp³-hybridized carbons (Fsp3) is 0.278. The third kappa shape index (κ3) is 2.24. The van der Waals surface area contributed by atoms with Crippen LogP contribution in [0.2, 0.25) is 0 Å². The number of allylic oxidation sites excluding steroid dienone is 2. The number of carbonyl (C=O) groups excluding carboxylic acids is 2. The summed E-state index contributed by atoms with van der Waals surface area (Å²) >= 11 is 0. The molecule has 0 bridgehead atoms. The van der Waals surface area contributed by atoms with Crippen LogP contribution in [-0.4, -0.2) is 41.7 Å². The van der Waals surface area contributed by atoms with Crippen molar-refractivity contribution in [2.75, 3.05) is 5.73 Å². The molecule has 1 unspecified atom stereocenters. The lowest BCUT2D eigenvalue weighted by atomic mass is 9.89. The predicted octanol–water partition coefficient (Wildman–Crippen LogP) is -0.953. The van der Waals surface area contributed by atoms with Gasteiger partial charge in [0, 0.05) is 35.8 Å². The van der Waals surface area contributed by atoms with Gasteiger partial charge in [-0.3, -0.25) is 19.4 Å². The van der Waals surface area contributed by atoms with Crippen LogP contribution in [0.5, 0.6) is 0 Å². The maximum atomic E-state index is 13.0. The minimum Gasteiger partial charge on any atom is -0.395 e. The van der Waals surface area contributed by atoms with E-state index in [1.165, 1.54) is 6.33 Å². The predicted molar refractivity (Wildman–Crippen MR) is 103 cm³/mol. The third-order valence-electron chi connectivity index (χ3n) is 5.62. The molecule has 29 heavy (non-hydrogen) atoms. The van der Waals surface area contributed by atoms with E-state index in [1.807, 2.05) is 4.57 Å². The van der Waals surface area contributed by atoms with Crippen molar-refractivity contribution in [1.82, 2.24) is 24.1 Å². The smallest absolute Gasteiger partial charge is 0.278 e. The maximum Gasteiger partial charge on any atom is 0.278 e. The quantitative estimate of drug-likeness (QED) is 0.429. The molecule has 0 fully saturated rings. The first-order valence-corrected chi connectivity index (χ1v) is 9.04. The second kappa shape index (κ2) is 5.64. The average molecular weight is 394 g/mol. The molecule has 11 nitrogen and oxygen atoms in total. The lowest BCUT2D eigenvalue weighted by molar-refractivity contribution is 0.0967. The summed E-state index contributed by atoms with van der Waals surface area (Å²) in [6, 6.07) is -0.162. The number of fused-ring (bicyclic) bond motifs is 4. The zero-order valence-electron chi connectivity index (χ0n) is 15.5. The summed E-state index contributed by atoms with van der Waals surface area (Å²) in [5.74, 6) is -0.695. The molecule has 0 aromatic carbocycles. The number of nitrogens with two attached hydrogens (primary N) is 3. The van der Waals surface area contributed by atoms with Gasteiger partial charge in [-0.05, 0) is 6.92 Å². The van der Waals surface area contributed by atoms with E-state index in [0.717, 1.165) is 5.69 Å². The van der Waals surface area contributed by atoms with Crippen LogP contribution >= 0.6 is 0 Å². The Hall–Kier alpha value is -3.73. The van der Waals surface area contributed by atoms with Gasteiger partial charge in [-0.1, -0.05) is 0 Å². The highest BCUT2D eigenvalue weighted by atomic mass is 16.1. The Morgan fingerprint density at radius 3 is 2.76 bits per heavy atom. The van der Waals surface area contributed by atoms with Crippen molar-refractivity contribution in [2.45, 2.75) is 32.5 Å². The zero-order chi connectivity index (χ0) is 20.6. The van der Waals surface area contributed by atoms with Crippen LogP contribution in [0.1, 0.15) is 39.0 Å². The minimum atomic E-state index is -0.441. The summed E-state index contributed by atoms with van der Waals surface area (Å²) in [5, 5.41) is 0. The molecule has 0 spiro atoms. The number of aromatic nitrogens is 5. The molecule has 5 rings (SSSR count). The number of nitrogens with one attached hydrogen (secondary N) is 1. The number of carbonyl (C=O) groups is 2. The van der Waals surface area contributed by atoms with Gasteiger partial charge in [0.2, 0.25) is 17.5 Å². The lowest BCUT2D eigenvalue weighted by Crippen LogP contribution is -2.29. The number of H-pyrrole nitrogens is 1. The number of Topliss-reactive ketones (excluding diaryl/α,β-unsaturated/α-hetero) is 2. The average Bonchev–Trinajstić information content (AvgIpc) is 3.31. The van der Waals surface area contributed by atoms with Crippen LogP contribution in [-0.2, 0) is 19.5 Å². The molecule has 2 aliphatic rings. The lowest BCUT2D eigenvalue weighted by Gasteiger charge is -2.17. The maximum absolute atomic E-state index is 13.0. The third-order valence-corrected chi connectivity index (χ3v) is 5.62. The Morgan fingerprint density at radius 2 is 2.00 bits per heavy atom. The van der Waals surface area contributed by atoms with Crippen LogP contribution in [0.15, 0.2) is 22.4 Å². The van der Waals surface area contributed by atoms with Gasteiger partial charge in [0.25, 0.3) is 5.56 Å². The van der Waals surface area contributed by atoms with Gasteiger partial charge in [0.15, 0.2) is 11.2 Å². The number of nitrogens with zero attached hydrogens (tertiary/aromatic N) is 4. The SMILES string of the molecule is CC1=C(N)C(=O)c2c(Cn3cnc4nc(N)[nH]c(=O)c43)c3n(c2C1=O)CC(N)C3. The molecule has 3 aromatic heterocycles. The van der Waals surface area contributed by atoms with Gasteiger partial charge in [-0.15, -0.1) is 0 Å². The van der Waals surface area contributed by atoms with E-state index in [9.17, 15) is 14.4 Å². The molecule has 0 saturated carbocycles. The van der Waals surface area contributed by atoms with Crippen molar-refractivity contribution in [1.29, 1.82) is 0 Å². The van der Waals surface area contributed by atoms with Gasteiger partial charge >= 0.3 is 0 Å². The molecule has 1 atom stereocenters. The molecule has 4 heterocycles. The minimum absolute atomic E-state index is 0.0324. The van der Waals surface area contributed by atoms with Gasteiger partial charge in [0.1, 0.15) is 5.69 Å². The number of hydrogen-bond acceptors (Lipinski definition) is 8. The fourth-order valence-corrected chi connectivity index (χ4v) is 4.25. The Kier molecular flexibility index (Phi) is 3.38. The van der Waals surface area contributed by atoms with Crippen LogP contribution in [0, 0.1) is 0 Å². The topological polar surface area (TPSA) is 181 Å². The van der Waals surface area contributed by atoms with Crippen molar-refractivity contribution < 1.29 is 9.59 Å². The van der Waals surface area contributed by atoms with E-state index in [2.05, 4.69) is 15.0 Å². The number of rotatable bonds is 2. The highest BCUT2D eigenvalue weighted by molar-refractivity contribution is 6.26. The standard InChI is InChI=1S/C18H18N8O3/c1-6-11(20)15(28)10-8(9-2-7(19)3-26(9)12(10)14(6)27)4-25-5-22-16-13(25)17(29)24-18(21)23-16/h5,7H,2-4,19-20H2,1H3,(H3,21,23,24,29). The van der Waals surface area contributed by atoms with Crippen molar-refractivity contribution in [2.24, 2.45) is 11.5 Å². The molecular weight excluding hydrogens is 376 g/mol. The largest absolute Gasteiger partial charge is 0.395 e. The van der Waals surface area contributed by atoms with E-state index in [4.69, 9.17) is 17.2 Å². The molecular formula is C18H18N8O3. The summed E-state index contributed by atoms with van der Waals surface area (Å²) in [7, 11) is 0.